The average molecular weight is 208 g/mol. The highest BCUT2D eigenvalue weighted by molar-refractivity contribution is 6.50. The largest absolute Gasteiger partial charge is 0.674 e. The first-order chi connectivity index (χ1) is 5.83. The second-order valence-electron chi connectivity index (χ2n) is 3.96. The average Bonchev–Trinajstić information content (AvgIpc) is 1.98. The lowest BCUT2D eigenvalue weighted by atomic mass is 10.2. The summed E-state index contributed by atoms with van der Waals surface area (Å²) in [7, 11) is -3.83. The molecule has 0 aromatic rings. The van der Waals surface area contributed by atoms with Crippen molar-refractivity contribution < 1.29 is 18.4 Å². The first-order valence-corrected chi connectivity index (χ1v) is 6.27. The number of rotatable bonds is 6. The van der Waals surface area contributed by atoms with Crippen LogP contribution >= 0.6 is 0 Å². The molecule has 80 valence electrons. The van der Waals surface area contributed by atoms with E-state index in [1.807, 2.05) is 27.7 Å². The van der Waals surface area contributed by atoms with E-state index in [0.717, 1.165) is 0 Å². The predicted molar refractivity (Wildman–Crippen MR) is 51.8 cm³/mol. The smallest absolute Gasteiger partial charge is 0.367 e. The minimum atomic E-state index is -3.83. The van der Waals surface area contributed by atoms with Crippen LogP contribution in [0.1, 0.15) is 27.7 Å². The van der Waals surface area contributed by atoms with Crippen LogP contribution < -0.4 is 0 Å². The molecule has 4 nitrogen and oxygen atoms in total. The Balaban J connectivity index is 3.66. The van der Waals surface area contributed by atoms with Crippen LogP contribution in [-0.4, -0.2) is 31.9 Å². The van der Waals surface area contributed by atoms with Gasteiger partial charge in [0.25, 0.3) is 0 Å². The molecule has 5 heteroatoms. The van der Waals surface area contributed by atoms with E-state index in [0.29, 0.717) is 13.2 Å². The molecular formula is C8H20O4Si. The molecule has 0 aromatic carbocycles. The lowest BCUT2D eigenvalue weighted by molar-refractivity contribution is 0.00979. The summed E-state index contributed by atoms with van der Waals surface area (Å²) in [4.78, 5) is 18.5. The van der Waals surface area contributed by atoms with Crippen LogP contribution in [0, 0.1) is 11.8 Å². The maximum atomic E-state index is 9.26. The summed E-state index contributed by atoms with van der Waals surface area (Å²) >= 11 is 0. The second kappa shape index (κ2) is 5.72. The molecule has 0 heterocycles. The van der Waals surface area contributed by atoms with E-state index >= 15 is 0 Å². The van der Waals surface area contributed by atoms with Crippen LogP contribution in [0.4, 0.5) is 0 Å². The first kappa shape index (κ1) is 13.1. The lowest BCUT2D eigenvalue weighted by Gasteiger charge is -2.19. The maximum absolute atomic E-state index is 9.26. The Hall–Kier alpha value is 0.0569. The van der Waals surface area contributed by atoms with E-state index in [1.54, 1.807) is 0 Å². The second-order valence-corrected chi connectivity index (χ2v) is 5.63. The summed E-state index contributed by atoms with van der Waals surface area (Å²) in [5.41, 5.74) is 0. The first-order valence-electron chi connectivity index (χ1n) is 4.56. The third-order valence-electron chi connectivity index (χ3n) is 1.21. The van der Waals surface area contributed by atoms with Crippen molar-refractivity contribution in [2.45, 2.75) is 27.7 Å². The van der Waals surface area contributed by atoms with Crippen LogP contribution in [0.5, 0.6) is 0 Å². The van der Waals surface area contributed by atoms with Gasteiger partial charge in [-0.3, -0.25) is 0 Å². The van der Waals surface area contributed by atoms with Gasteiger partial charge in [0.05, 0.1) is 0 Å². The summed E-state index contributed by atoms with van der Waals surface area (Å²) in [5.74, 6) is 0.544. The van der Waals surface area contributed by atoms with E-state index in [4.69, 9.17) is 8.85 Å². The Morgan fingerprint density at radius 2 is 1.23 bits per heavy atom. The van der Waals surface area contributed by atoms with Gasteiger partial charge < -0.3 is 18.4 Å². The Kier molecular flexibility index (Phi) is 5.74. The molecule has 0 unspecified atom stereocenters. The summed E-state index contributed by atoms with van der Waals surface area (Å²) in [6.45, 7) is 8.38. The zero-order chi connectivity index (χ0) is 10.5. The van der Waals surface area contributed by atoms with Gasteiger partial charge in [-0.2, -0.15) is 0 Å². The summed E-state index contributed by atoms with van der Waals surface area (Å²) < 4.78 is 9.74. The molecule has 0 amide bonds. The van der Waals surface area contributed by atoms with Crippen molar-refractivity contribution in [3.8, 4) is 0 Å². The maximum Gasteiger partial charge on any atom is 0.674 e. The minimum absolute atomic E-state index is 0.272. The van der Waals surface area contributed by atoms with Crippen molar-refractivity contribution in [3.05, 3.63) is 0 Å². The van der Waals surface area contributed by atoms with Gasteiger partial charge in [0.2, 0.25) is 0 Å². The third kappa shape index (κ3) is 8.39. The van der Waals surface area contributed by atoms with Gasteiger partial charge in [-0.25, -0.2) is 0 Å². The van der Waals surface area contributed by atoms with Crippen molar-refractivity contribution in [1.82, 2.24) is 0 Å². The van der Waals surface area contributed by atoms with Crippen LogP contribution in [0.25, 0.3) is 0 Å². The van der Waals surface area contributed by atoms with Crippen LogP contribution in [0.15, 0.2) is 0 Å². The topological polar surface area (TPSA) is 58.9 Å². The molecule has 2 N–H and O–H groups in total. The summed E-state index contributed by atoms with van der Waals surface area (Å²) in [5, 5.41) is 0. The minimum Gasteiger partial charge on any atom is -0.367 e. The molecular weight excluding hydrogens is 188 g/mol. The molecule has 0 atom stereocenters. The highest BCUT2D eigenvalue weighted by Gasteiger charge is 2.36. The molecule has 0 aliphatic rings. The van der Waals surface area contributed by atoms with Crippen molar-refractivity contribution >= 4 is 9.05 Å². The summed E-state index contributed by atoms with van der Waals surface area (Å²) in [6, 6.07) is 0. The van der Waals surface area contributed by atoms with Gasteiger partial charge in [0, 0.05) is 13.2 Å². The van der Waals surface area contributed by atoms with E-state index in [9.17, 15) is 9.59 Å². The van der Waals surface area contributed by atoms with Gasteiger partial charge >= 0.3 is 9.05 Å². The SMILES string of the molecule is CC(C)CO[Si](O)(O)OCC(C)C. The van der Waals surface area contributed by atoms with Crippen molar-refractivity contribution in [2.75, 3.05) is 13.2 Å². The van der Waals surface area contributed by atoms with E-state index < -0.39 is 9.05 Å². The standard InChI is InChI=1S/C8H20O4Si/c1-7(2)5-11-13(9,10)12-6-8(3)4/h7-10H,5-6H2,1-4H3. The highest BCUT2D eigenvalue weighted by Crippen LogP contribution is 2.04. The van der Waals surface area contributed by atoms with E-state index in [1.165, 1.54) is 0 Å². The monoisotopic (exact) mass is 208 g/mol. The van der Waals surface area contributed by atoms with Crippen LogP contribution in [0.2, 0.25) is 0 Å². The lowest BCUT2D eigenvalue weighted by Crippen LogP contribution is -2.44. The zero-order valence-electron chi connectivity index (χ0n) is 8.78. The predicted octanol–water partition coefficient (Wildman–Crippen LogP) is 0.752. The Labute approximate surface area is 81.0 Å². The molecule has 0 aliphatic carbocycles. The van der Waals surface area contributed by atoms with E-state index in [2.05, 4.69) is 0 Å². The molecule has 0 fully saturated rings. The van der Waals surface area contributed by atoms with Gasteiger partial charge in [-0.1, -0.05) is 27.7 Å². The van der Waals surface area contributed by atoms with Gasteiger partial charge in [-0.05, 0) is 11.8 Å². The fraction of sp³-hybridized carbons (Fsp3) is 1.00. The molecule has 0 bridgehead atoms. The molecule has 0 saturated carbocycles. The molecule has 0 radical (unpaired) electrons. The van der Waals surface area contributed by atoms with Gasteiger partial charge in [0.15, 0.2) is 0 Å². The van der Waals surface area contributed by atoms with Gasteiger partial charge in [0.1, 0.15) is 0 Å². The molecule has 0 aromatic heterocycles. The molecule has 0 spiro atoms. The molecule has 0 rings (SSSR count). The molecule has 13 heavy (non-hydrogen) atoms. The molecule has 0 aliphatic heterocycles. The van der Waals surface area contributed by atoms with Crippen LogP contribution in [-0.2, 0) is 8.85 Å². The zero-order valence-corrected chi connectivity index (χ0v) is 9.78. The Bertz CT molecular complexity index is 122. The van der Waals surface area contributed by atoms with Gasteiger partial charge in [-0.15, -0.1) is 0 Å². The Morgan fingerprint density at radius 3 is 1.46 bits per heavy atom. The molecule has 0 saturated heterocycles. The summed E-state index contributed by atoms with van der Waals surface area (Å²) in [6.07, 6.45) is 0. The fourth-order valence-electron chi connectivity index (χ4n) is 0.592. The fourth-order valence-corrected chi connectivity index (χ4v) is 1.78. The number of hydrogen-bond acceptors (Lipinski definition) is 4. The quantitative estimate of drug-likeness (QED) is 0.632. The van der Waals surface area contributed by atoms with E-state index in [-0.39, 0.29) is 11.8 Å². The van der Waals surface area contributed by atoms with Crippen molar-refractivity contribution in [2.24, 2.45) is 11.8 Å². The Morgan fingerprint density at radius 1 is 0.923 bits per heavy atom. The van der Waals surface area contributed by atoms with Crippen molar-refractivity contribution in [3.63, 3.8) is 0 Å². The van der Waals surface area contributed by atoms with Crippen LogP contribution in [0.3, 0.4) is 0 Å². The third-order valence-corrected chi connectivity index (χ3v) is 2.29. The normalized spacial score (nSPS) is 12.9. The highest BCUT2D eigenvalue weighted by atomic mass is 28.4. The number of hydrogen-bond donors (Lipinski definition) is 2. The van der Waals surface area contributed by atoms with Crippen molar-refractivity contribution in [1.29, 1.82) is 0 Å².